The van der Waals surface area contributed by atoms with Gasteiger partial charge in [0, 0.05) is 18.3 Å². The van der Waals surface area contributed by atoms with E-state index in [-0.39, 0.29) is 18.5 Å². The lowest BCUT2D eigenvalue weighted by molar-refractivity contribution is -0.119. The van der Waals surface area contributed by atoms with Crippen molar-refractivity contribution in [2.24, 2.45) is 0 Å². The maximum absolute atomic E-state index is 12.1. The summed E-state index contributed by atoms with van der Waals surface area (Å²) >= 11 is 12.1. The van der Waals surface area contributed by atoms with Crippen LogP contribution in [0, 0.1) is 0 Å². The van der Waals surface area contributed by atoms with Crippen LogP contribution in [0.1, 0.15) is 6.92 Å². The number of nitrogens with one attached hydrogen (secondary N) is 1. The van der Waals surface area contributed by atoms with Gasteiger partial charge in [-0.1, -0.05) is 23.2 Å². The molecule has 1 aliphatic heterocycles. The number of anilines is 2. The molecule has 2 rings (SSSR count). The molecule has 1 unspecified atom stereocenters. The summed E-state index contributed by atoms with van der Waals surface area (Å²) in [5, 5.41) is 3.40. The highest BCUT2D eigenvalue weighted by Crippen LogP contribution is 2.32. The van der Waals surface area contributed by atoms with Crippen molar-refractivity contribution in [3.63, 3.8) is 0 Å². The number of hydrogen-bond acceptors (Lipinski definition) is 4. The van der Waals surface area contributed by atoms with Crippen LogP contribution in [0.5, 0.6) is 0 Å². The fourth-order valence-corrected chi connectivity index (χ4v) is 2.67. The third-order valence-electron chi connectivity index (χ3n) is 3.18. The molecule has 110 valence electrons. The van der Waals surface area contributed by atoms with Gasteiger partial charge in [0.2, 0.25) is 5.91 Å². The number of nitrogen functional groups attached to an aromatic ring is 1. The Kier molecular flexibility index (Phi) is 5.10. The molecule has 1 aliphatic rings. The first kappa shape index (κ1) is 15.4. The van der Waals surface area contributed by atoms with Crippen LogP contribution >= 0.6 is 23.2 Å². The van der Waals surface area contributed by atoms with Crippen LogP contribution in [-0.4, -0.2) is 43.2 Å². The number of rotatable bonds is 3. The smallest absolute Gasteiger partial charge is 0.238 e. The number of carbonyl (C=O) groups excluding carboxylic acids is 1. The summed E-state index contributed by atoms with van der Waals surface area (Å²) in [5.41, 5.74) is 6.48. The van der Waals surface area contributed by atoms with Gasteiger partial charge in [-0.2, -0.15) is 0 Å². The Bertz CT molecular complexity index is 487. The Hall–Kier alpha value is -1.01. The van der Waals surface area contributed by atoms with Crippen LogP contribution in [0.4, 0.5) is 11.4 Å². The first-order chi connectivity index (χ1) is 9.47. The number of benzene rings is 1. The number of nitrogens with zero attached hydrogens (tertiary/aromatic N) is 1. The van der Waals surface area contributed by atoms with E-state index in [0.717, 1.165) is 6.54 Å². The third-order valence-corrected chi connectivity index (χ3v) is 3.78. The second-order valence-electron chi connectivity index (χ2n) is 4.80. The number of ether oxygens (including phenoxy) is 1. The summed E-state index contributed by atoms with van der Waals surface area (Å²) in [6.45, 7) is 4.31. The first-order valence-electron chi connectivity index (χ1n) is 6.33. The van der Waals surface area contributed by atoms with Crippen LogP contribution in [0.25, 0.3) is 0 Å². The topological polar surface area (TPSA) is 67.6 Å². The fourth-order valence-electron chi connectivity index (χ4n) is 2.07. The minimum Gasteiger partial charge on any atom is -0.399 e. The van der Waals surface area contributed by atoms with Gasteiger partial charge in [-0.05, 0) is 19.1 Å². The van der Waals surface area contributed by atoms with Crippen molar-refractivity contribution in [3.8, 4) is 0 Å². The molecule has 1 aromatic rings. The summed E-state index contributed by atoms with van der Waals surface area (Å²) in [7, 11) is 0. The molecule has 0 spiro atoms. The lowest BCUT2D eigenvalue weighted by Gasteiger charge is -2.32. The normalized spacial score (nSPS) is 19.9. The van der Waals surface area contributed by atoms with Crippen molar-refractivity contribution >= 4 is 40.5 Å². The summed E-state index contributed by atoms with van der Waals surface area (Å²) in [5.74, 6) is -0.160. The second-order valence-corrected chi connectivity index (χ2v) is 5.62. The SMILES string of the molecule is CC1COCCN1CC(=O)Nc1c(Cl)cc(N)cc1Cl. The molecule has 0 saturated carbocycles. The third kappa shape index (κ3) is 3.76. The quantitative estimate of drug-likeness (QED) is 0.839. The highest BCUT2D eigenvalue weighted by atomic mass is 35.5. The molecular formula is C13H17Cl2N3O2. The zero-order valence-electron chi connectivity index (χ0n) is 11.2. The Balaban J connectivity index is 2.01. The predicted molar refractivity (Wildman–Crippen MR) is 81.4 cm³/mol. The lowest BCUT2D eigenvalue weighted by atomic mass is 10.2. The summed E-state index contributed by atoms with van der Waals surface area (Å²) in [4.78, 5) is 14.1. The molecule has 1 amide bonds. The summed E-state index contributed by atoms with van der Waals surface area (Å²) in [6.07, 6.45) is 0. The Morgan fingerprint density at radius 2 is 2.15 bits per heavy atom. The monoisotopic (exact) mass is 317 g/mol. The highest BCUT2D eigenvalue weighted by Gasteiger charge is 2.21. The molecule has 0 aromatic heterocycles. The van der Waals surface area contributed by atoms with Crippen LogP contribution in [-0.2, 0) is 9.53 Å². The average Bonchev–Trinajstić information content (AvgIpc) is 2.36. The van der Waals surface area contributed by atoms with Crippen molar-refractivity contribution in [1.29, 1.82) is 0 Å². The van der Waals surface area contributed by atoms with Gasteiger partial charge < -0.3 is 15.8 Å². The molecule has 20 heavy (non-hydrogen) atoms. The summed E-state index contributed by atoms with van der Waals surface area (Å²) in [6, 6.07) is 3.33. The highest BCUT2D eigenvalue weighted by molar-refractivity contribution is 6.40. The summed E-state index contributed by atoms with van der Waals surface area (Å²) < 4.78 is 5.33. The van der Waals surface area contributed by atoms with E-state index in [1.54, 1.807) is 12.1 Å². The predicted octanol–water partition coefficient (Wildman–Crippen LogP) is 2.23. The second kappa shape index (κ2) is 6.63. The minimum atomic E-state index is -0.160. The van der Waals surface area contributed by atoms with Gasteiger partial charge in [-0.3, -0.25) is 9.69 Å². The molecule has 5 nitrogen and oxygen atoms in total. The number of halogens is 2. The van der Waals surface area contributed by atoms with Gasteiger partial charge in [0.1, 0.15) is 0 Å². The average molecular weight is 318 g/mol. The number of nitrogens with two attached hydrogens (primary N) is 1. The van der Waals surface area contributed by atoms with Crippen molar-refractivity contribution in [2.45, 2.75) is 13.0 Å². The van der Waals surface area contributed by atoms with E-state index in [1.807, 2.05) is 6.92 Å². The zero-order chi connectivity index (χ0) is 14.7. The zero-order valence-corrected chi connectivity index (χ0v) is 12.7. The van der Waals surface area contributed by atoms with E-state index < -0.39 is 0 Å². The van der Waals surface area contributed by atoms with E-state index in [4.69, 9.17) is 33.7 Å². The molecule has 1 atom stereocenters. The van der Waals surface area contributed by atoms with E-state index in [2.05, 4.69) is 10.2 Å². The Morgan fingerprint density at radius 3 is 2.75 bits per heavy atom. The maximum atomic E-state index is 12.1. The van der Waals surface area contributed by atoms with Crippen molar-refractivity contribution in [2.75, 3.05) is 37.4 Å². The molecule has 0 aliphatic carbocycles. The number of hydrogen-bond donors (Lipinski definition) is 2. The standard InChI is InChI=1S/C13H17Cl2N3O2/c1-8-7-20-3-2-18(8)6-12(19)17-13-10(14)4-9(16)5-11(13)15/h4-5,8H,2-3,6-7,16H2,1H3,(H,17,19). The molecular weight excluding hydrogens is 301 g/mol. The van der Waals surface area contributed by atoms with E-state index in [9.17, 15) is 4.79 Å². The van der Waals surface area contributed by atoms with Crippen molar-refractivity contribution in [1.82, 2.24) is 4.90 Å². The first-order valence-corrected chi connectivity index (χ1v) is 7.09. The van der Waals surface area contributed by atoms with Gasteiger partial charge in [0.25, 0.3) is 0 Å². The van der Waals surface area contributed by atoms with Gasteiger partial charge >= 0.3 is 0 Å². The van der Waals surface area contributed by atoms with Gasteiger partial charge in [0.15, 0.2) is 0 Å². The number of morpholine rings is 1. The van der Waals surface area contributed by atoms with E-state index >= 15 is 0 Å². The van der Waals surface area contributed by atoms with Crippen LogP contribution in [0.2, 0.25) is 10.0 Å². The molecule has 7 heteroatoms. The molecule has 1 heterocycles. The Labute approximate surface area is 128 Å². The minimum absolute atomic E-state index is 0.160. The molecule has 1 aromatic carbocycles. The van der Waals surface area contributed by atoms with Crippen LogP contribution < -0.4 is 11.1 Å². The maximum Gasteiger partial charge on any atom is 0.238 e. The lowest BCUT2D eigenvalue weighted by Crippen LogP contribution is -2.47. The molecule has 1 fully saturated rings. The largest absolute Gasteiger partial charge is 0.399 e. The molecule has 1 saturated heterocycles. The van der Waals surface area contributed by atoms with Crippen molar-refractivity contribution in [3.05, 3.63) is 22.2 Å². The Morgan fingerprint density at radius 1 is 1.50 bits per heavy atom. The number of amides is 1. The number of carbonyl (C=O) groups is 1. The van der Waals surface area contributed by atoms with Crippen LogP contribution in [0.3, 0.4) is 0 Å². The van der Waals surface area contributed by atoms with Gasteiger partial charge in [0.05, 0.1) is 35.5 Å². The molecule has 0 bridgehead atoms. The van der Waals surface area contributed by atoms with E-state index in [0.29, 0.717) is 34.6 Å². The molecule has 0 radical (unpaired) electrons. The van der Waals surface area contributed by atoms with Crippen LogP contribution in [0.15, 0.2) is 12.1 Å². The van der Waals surface area contributed by atoms with Crippen molar-refractivity contribution < 1.29 is 9.53 Å². The van der Waals surface area contributed by atoms with Gasteiger partial charge in [-0.25, -0.2) is 0 Å². The molecule has 3 N–H and O–H groups in total. The van der Waals surface area contributed by atoms with E-state index in [1.165, 1.54) is 0 Å². The van der Waals surface area contributed by atoms with Gasteiger partial charge in [-0.15, -0.1) is 0 Å². The fraction of sp³-hybridized carbons (Fsp3) is 0.462.